The summed E-state index contributed by atoms with van der Waals surface area (Å²) in [6.07, 6.45) is 0.805. The molecule has 2 aromatic carbocycles. The molecule has 4 atom stereocenters. The summed E-state index contributed by atoms with van der Waals surface area (Å²) >= 11 is 0. The van der Waals surface area contributed by atoms with E-state index in [9.17, 15) is 10.2 Å². The third-order valence-electron chi connectivity index (χ3n) is 6.41. The van der Waals surface area contributed by atoms with Gasteiger partial charge in [0, 0.05) is 12.0 Å². The van der Waals surface area contributed by atoms with Crippen molar-refractivity contribution in [2.75, 3.05) is 14.2 Å². The van der Waals surface area contributed by atoms with Crippen LogP contribution in [0.25, 0.3) is 0 Å². The number of hydrogen-bond acceptors (Lipinski definition) is 6. The minimum atomic E-state index is -1.72. The number of hydrogen-bond donors (Lipinski definition) is 2. The van der Waals surface area contributed by atoms with Crippen LogP contribution in [0.5, 0.6) is 17.2 Å². The summed E-state index contributed by atoms with van der Waals surface area (Å²) in [7, 11) is 3.16. The molecule has 1 fully saturated rings. The summed E-state index contributed by atoms with van der Waals surface area (Å²) in [4.78, 5) is 4.44. The van der Waals surface area contributed by atoms with Gasteiger partial charge in [0.05, 0.1) is 26.5 Å². The minimum absolute atomic E-state index is 0.299. The fraction of sp³-hybridized carbons (Fsp3) is 0.292. The highest BCUT2D eigenvalue weighted by Gasteiger charge is 2.73. The van der Waals surface area contributed by atoms with Gasteiger partial charge < -0.3 is 24.4 Å². The maximum atomic E-state index is 12.1. The van der Waals surface area contributed by atoms with Crippen LogP contribution in [0.2, 0.25) is 0 Å². The van der Waals surface area contributed by atoms with E-state index in [1.54, 1.807) is 20.3 Å². The smallest absolute Gasteiger partial charge is 0.180 e. The van der Waals surface area contributed by atoms with E-state index < -0.39 is 17.3 Å². The lowest BCUT2D eigenvalue weighted by Crippen LogP contribution is -2.52. The first-order valence-corrected chi connectivity index (χ1v) is 9.88. The number of methoxy groups -OCH3 is 2. The maximum Gasteiger partial charge on any atom is 0.180 e. The Bertz CT molecular complexity index is 1070. The Kier molecular flexibility index (Phi) is 4.24. The van der Waals surface area contributed by atoms with Crippen LogP contribution < -0.4 is 14.2 Å². The normalized spacial score (nSPS) is 29.1. The van der Waals surface area contributed by atoms with Gasteiger partial charge >= 0.3 is 0 Å². The molecule has 0 amide bonds. The maximum absolute atomic E-state index is 12.1. The van der Waals surface area contributed by atoms with E-state index in [0.717, 1.165) is 11.1 Å². The highest BCUT2D eigenvalue weighted by Crippen LogP contribution is 2.66. The van der Waals surface area contributed by atoms with Crippen molar-refractivity contribution in [2.24, 2.45) is 0 Å². The predicted octanol–water partition coefficient (Wildman–Crippen LogP) is 3.12. The standard InChI is InChI=1S/C24H23NO5/c1-28-17-10-8-16(9-11-17)24-19(15-6-4-3-5-7-15)13-21(26)23(24,27)22-20(30-24)12-18(29-2)14-25-22/h3-12,14,19,21,26-27H,13H2,1-2H3/t19-,21+,23+,24-/m0/s1. The van der Waals surface area contributed by atoms with Crippen molar-refractivity contribution in [2.45, 2.75) is 29.6 Å². The molecule has 1 aromatic heterocycles. The number of ether oxygens (including phenoxy) is 3. The molecule has 0 spiro atoms. The average molecular weight is 405 g/mol. The van der Waals surface area contributed by atoms with Gasteiger partial charge in [0.15, 0.2) is 11.2 Å². The lowest BCUT2D eigenvalue weighted by molar-refractivity contribution is -0.151. The zero-order valence-electron chi connectivity index (χ0n) is 16.8. The predicted molar refractivity (Wildman–Crippen MR) is 110 cm³/mol. The first-order chi connectivity index (χ1) is 14.5. The molecule has 1 aliphatic carbocycles. The van der Waals surface area contributed by atoms with Crippen LogP contribution in [0.15, 0.2) is 66.9 Å². The number of aliphatic hydroxyl groups is 2. The van der Waals surface area contributed by atoms with Crippen LogP contribution in [0, 0.1) is 0 Å². The quantitative estimate of drug-likeness (QED) is 0.694. The number of aliphatic hydroxyl groups excluding tert-OH is 1. The van der Waals surface area contributed by atoms with Gasteiger partial charge in [0.1, 0.15) is 22.9 Å². The number of benzene rings is 2. The second-order valence-electron chi connectivity index (χ2n) is 7.77. The Morgan fingerprint density at radius 3 is 2.37 bits per heavy atom. The van der Waals surface area contributed by atoms with Crippen LogP contribution in [-0.4, -0.2) is 35.5 Å². The van der Waals surface area contributed by atoms with Gasteiger partial charge in [-0.2, -0.15) is 0 Å². The van der Waals surface area contributed by atoms with E-state index in [2.05, 4.69) is 4.98 Å². The topological polar surface area (TPSA) is 81.0 Å². The van der Waals surface area contributed by atoms with E-state index in [-0.39, 0.29) is 5.92 Å². The monoisotopic (exact) mass is 405 g/mol. The summed E-state index contributed by atoms with van der Waals surface area (Å²) in [5.74, 6) is 1.33. The molecular formula is C24H23NO5. The molecule has 6 heteroatoms. The average Bonchev–Trinajstić information content (AvgIpc) is 3.19. The fourth-order valence-corrected chi connectivity index (χ4v) is 5.01. The Balaban J connectivity index is 1.77. The molecule has 0 bridgehead atoms. The summed E-state index contributed by atoms with van der Waals surface area (Å²) in [6, 6.07) is 18.9. The number of aromatic nitrogens is 1. The van der Waals surface area contributed by atoms with Gasteiger partial charge in [-0.05, 0) is 29.7 Å². The highest BCUT2D eigenvalue weighted by atomic mass is 16.5. The Morgan fingerprint density at radius 1 is 1.00 bits per heavy atom. The SMILES string of the molecule is COc1ccc([C@@]23Oc4cc(OC)cnc4[C@]2(O)[C@H](O)C[C@H]3c2ccccc2)cc1. The van der Waals surface area contributed by atoms with Crippen molar-refractivity contribution >= 4 is 0 Å². The molecule has 6 nitrogen and oxygen atoms in total. The number of rotatable bonds is 4. The van der Waals surface area contributed by atoms with Crippen molar-refractivity contribution in [1.82, 2.24) is 4.98 Å². The Labute approximate surface area is 174 Å². The van der Waals surface area contributed by atoms with Gasteiger partial charge in [-0.3, -0.25) is 4.98 Å². The molecule has 154 valence electrons. The summed E-state index contributed by atoms with van der Waals surface area (Å²) in [5, 5.41) is 23.2. The lowest BCUT2D eigenvalue weighted by atomic mass is 9.72. The number of nitrogens with zero attached hydrogens (tertiary/aromatic N) is 1. The van der Waals surface area contributed by atoms with Crippen LogP contribution in [0.1, 0.15) is 29.2 Å². The van der Waals surface area contributed by atoms with Crippen molar-refractivity contribution in [3.63, 3.8) is 0 Å². The van der Waals surface area contributed by atoms with Crippen LogP contribution in [0.4, 0.5) is 0 Å². The van der Waals surface area contributed by atoms with Gasteiger partial charge in [-0.15, -0.1) is 0 Å². The summed E-state index contributed by atoms with van der Waals surface area (Å²) in [6.45, 7) is 0. The minimum Gasteiger partial charge on any atom is -0.497 e. The first kappa shape index (κ1) is 18.9. The first-order valence-electron chi connectivity index (χ1n) is 9.88. The van der Waals surface area contributed by atoms with Gasteiger partial charge in [0.2, 0.25) is 0 Å². The van der Waals surface area contributed by atoms with Crippen molar-refractivity contribution in [1.29, 1.82) is 0 Å². The number of pyridine rings is 1. The summed E-state index contributed by atoms with van der Waals surface area (Å²) in [5.41, 5.74) is -0.924. The van der Waals surface area contributed by atoms with Crippen molar-refractivity contribution in [3.8, 4) is 17.2 Å². The molecule has 0 radical (unpaired) electrons. The van der Waals surface area contributed by atoms with E-state index in [1.165, 1.54) is 6.20 Å². The molecule has 5 rings (SSSR count). The zero-order chi connectivity index (χ0) is 20.9. The molecule has 30 heavy (non-hydrogen) atoms. The molecule has 0 unspecified atom stereocenters. The van der Waals surface area contributed by atoms with Crippen LogP contribution in [-0.2, 0) is 11.2 Å². The second kappa shape index (κ2) is 6.72. The largest absolute Gasteiger partial charge is 0.497 e. The molecule has 3 aromatic rings. The fourth-order valence-electron chi connectivity index (χ4n) is 5.01. The third-order valence-corrected chi connectivity index (χ3v) is 6.41. The van der Waals surface area contributed by atoms with E-state index in [0.29, 0.717) is 29.4 Å². The van der Waals surface area contributed by atoms with Crippen LogP contribution >= 0.6 is 0 Å². The third kappa shape index (κ3) is 2.35. The van der Waals surface area contributed by atoms with E-state index >= 15 is 0 Å². The number of fused-ring (bicyclic) bond motifs is 3. The highest BCUT2D eigenvalue weighted by molar-refractivity contribution is 5.53. The van der Waals surface area contributed by atoms with Crippen molar-refractivity contribution < 1.29 is 24.4 Å². The van der Waals surface area contributed by atoms with E-state index in [4.69, 9.17) is 14.2 Å². The van der Waals surface area contributed by atoms with Crippen LogP contribution in [0.3, 0.4) is 0 Å². The summed E-state index contributed by atoms with van der Waals surface area (Å²) < 4.78 is 17.2. The molecule has 0 saturated heterocycles. The van der Waals surface area contributed by atoms with E-state index in [1.807, 2.05) is 54.6 Å². The van der Waals surface area contributed by atoms with Crippen molar-refractivity contribution in [3.05, 3.63) is 83.7 Å². The molecule has 1 saturated carbocycles. The Morgan fingerprint density at radius 2 is 1.70 bits per heavy atom. The van der Waals surface area contributed by atoms with Gasteiger partial charge in [-0.1, -0.05) is 42.5 Å². The lowest BCUT2D eigenvalue weighted by Gasteiger charge is -2.40. The molecular weight excluding hydrogens is 382 g/mol. The van der Waals surface area contributed by atoms with Gasteiger partial charge in [-0.25, -0.2) is 0 Å². The van der Waals surface area contributed by atoms with Gasteiger partial charge in [0.25, 0.3) is 0 Å². The molecule has 2 heterocycles. The molecule has 2 aliphatic rings. The Hall–Kier alpha value is -3.09. The molecule has 2 N–H and O–H groups in total. The zero-order valence-corrected chi connectivity index (χ0v) is 16.8. The molecule has 1 aliphatic heterocycles. The second-order valence-corrected chi connectivity index (χ2v) is 7.77.